The summed E-state index contributed by atoms with van der Waals surface area (Å²) < 4.78 is 5.85. The highest BCUT2D eigenvalue weighted by Gasteiger charge is 2.24. The summed E-state index contributed by atoms with van der Waals surface area (Å²) in [6, 6.07) is 7.54. The lowest BCUT2D eigenvalue weighted by atomic mass is 9.97. The van der Waals surface area contributed by atoms with Gasteiger partial charge in [-0.2, -0.15) is 0 Å². The van der Waals surface area contributed by atoms with E-state index >= 15 is 0 Å². The summed E-state index contributed by atoms with van der Waals surface area (Å²) in [5.74, 6) is 1.81. The van der Waals surface area contributed by atoms with E-state index in [1.165, 1.54) is 12.8 Å². The van der Waals surface area contributed by atoms with E-state index in [1.54, 1.807) is 6.92 Å². The number of carbonyl (C=O) groups excluding carboxylic acids is 1. The largest absolute Gasteiger partial charge is 0.492 e. The number of Topliss-reactive ketones (excluding diaryl/α,β-unsaturated/α-hetero) is 1. The fraction of sp³-hybridized carbons (Fsp3) is 0.588. The van der Waals surface area contributed by atoms with Crippen molar-refractivity contribution in [3.63, 3.8) is 0 Å². The molecule has 1 saturated heterocycles. The van der Waals surface area contributed by atoms with Crippen molar-refractivity contribution >= 4 is 17.4 Å². The van der Waals surface area contributed by atoms with Gasteiger partial charge < -0.3 is 4.74 Å². The highest BCUT2D eigenvalue weighted by atomic mass is 35.5. The molecule has 1 heterocycles. The van der Waals surface area contributed by atoms with E-state index in [0.717, 1.165) is 24.8 Å². The number of benzene rings is 1. The maximum atomic E-state index is 11.5. The van der Waals surface area contributed by atoms with Gasteiger partial charge in [-0.25, -0.2) is 0 Å². The molecule has 0 aliphatic carbocycles. The molecular formula is C17H24ClNO2. The van der Waals surface area contributed by atoms with Crippen LogP contribution in [0, 0.1) is 5.92 Å². The highest BCUT2D eigenvalue weighted by molar-refractivity contribution is 6.30. The normalized spacial score (nSPS) is 18.4. The number of carbonyl (C=O) groups is 1. The Morgan fingerprint density at radius 3 is 2.52 bits per heavy atom. The van der Waals surface area contributed by atoms with Crippen LogP contribution in [0.5, 0.6) is 5.75 Å². The fourth-order valence-electron chi connectivity index (χ4n) is 2.74. The molecule has 0 radical (unpaired) electrons. The van der Waals surface area contributed by atoms with Crippen molar-refractivity contribution in [1.29, 1.82) is 0 Å². The van der Waals surface area contributed by atoms with Gasteiger partial charge in [0.2, 0.25) is 0 Å². The minimum absolute atomic E-state index is 0.172. The highest BCUT2D eigenvalue weighted by Crippen LogP contribution is 2.21. The average molecular weight is 310 g/mol. The van der Waals surface area contributed by atoms with E-state index in [4.69, 9.17) is 16.3 Å². The topological polar surface area (TPSA) is 29.5 Å². The summed E-state index contributed by atoms with van der Waals surface area (Å²) in [6.07, 6.45) is 2.96. The summed E-state index contributed by atoms with van der Waals surface area (Å²) >= 11 is 5.87. The van der Waals surface area contributed by atoms with Crippen molar-refractivity contribution < 1.29 is 9.53 Å². The molecule has 116 valence electrons. The Bertz CT molecular complexity index is 452. The molecule has 0 aromatic heterocycles. The number of hydrogen-bond donors (Lipinski definition) is 0. The number of piperidine rings is 1. The SMILES string of the molecule is CC(=O)CC(COc1ccc(Cl)cc1)N1CCC(C)CC1. The zero-order valence-corrected chi connectivity index (χ0v) is 13.6. The molecule has 0 spiro atoms. The summed E-state index contributed by atoms with van der Waals surface area (Å²) in [4.78, 5) is 13.9. The minimum atomic E-state index is 0.172. The predicted molar refractivity (Wildman–Crippen MR) is 86.0 cm³/mol. The van der Waals surface area contributed by atoms with Crippen LogP contribution in [0.2, 0.25) is 5.02 Å². The Morgan fingerprint density at radius 1 is 1.33 bits per heavy atom. The Labute approximate surface area is 132 Å². The standard InChI is InChI=1S/C17H24ClNO2/c1-13-7-9-19(10-8-13)16(11-14(2)20)12-21-17-5-3-15(18)4-6-17/h3-6,13,16H,7-12H2,1-2H3. The first-order valence-electron chi connectivity index (χ1n) is 7.66. The van der Waals surface area contributed by atoms with Gasteiger partial charge in [0.1, 0.15) is 18.1 Å². The van der Waals surface area contributed by atoms with Crippen LogP contribution in [0.1, 0.15) is 33.1 Å². The van der Waals surface area contributed by atoms with Crippen molar-refractivity contribution in [3.8, 4) is 5.75 Å². The second-order valence-electron chi connectivity index (χ2n) is 6.04. The molecule has 2 rings (SSSR count). The van der Waals surface area contributed by atoms with Crippen molar-refractivity contribution in [1.82, 2.24) is 4.90 Å². The smallest absolute Gasteiger partial charge is 0.131 e. The van der Waals surface area contributed by atoms with Crippen LogP contribution >= 0.6 is 11.6 Å². The maximum absolute atomic E-state index is 11.5. The molecule has 3 nitrogen and oxygen atoms in total. The van der Waals surface area contributed by atoms with Crippen molar-refractivity contribution in [2.24, 2.45) is 5.92 Å². The lowest BCUT2D eigenvalue weighted by molar-refractivity contribution is -0.118. The molecule has 21 heavy (non-hydrogen) atoms. The Balaban J connectivity index is 1.92. The molecule has 0 amide bonds. The number of ketones is 1. The molecule has 1 aliphatic heterocycles. The Morgan fingerprint density at radius 2 is 1.95 bits per heavy atom. The van der Waals surface area contributed by atoms with E-state index in [2.05, 4.69) is 11.8 Å². The summed E-state index contributed by atoms with van der Waals surface area (Å²) in [7, 11) is 0. The van der Waals surface area contributed by atoms with Crippen LogP contribution in [-0.4, -0.2) is 36.4 Å². The van der Waals surface area contributed by atoms with Gasteiger partial charge in [-0.3, -0.25) is 9.69 Å². The van der Waals surface area contributed by atoms with Crippen LogP contribution < -0.4 is 4.74 Å². The zero-order valence-electron chi connectivity index (χ0n) is 12.8. The first-order chi connectivity index (χ1) is 10.0. The van der Waals surface area contributed by atoms with E-state index in [0.29, 0.717) is 18.1 Å². The Hall–Kier alpha value is -1.06. The van der Waals surface area contributed by atoms with Crippen LogP contribution in [0.15, 0.2) is 24.3 Å². The zero-order chi connectivity index (χ0) is 15.2. The second kappa shape index (κ2) is 7.81. The van der Waals surface area contributed by atoms with Gasteiger partial charge in [0.15, 0.2) is 0 Å². The molecule has 1 aromatic carbocycles. The monoisotopic (exact) mass is 309 g/mol. The first kappa shape index (κ1) is 16.3. The van der Waals surface area contributed by atoms with Crippen LogP contribution in [0.4, 0.5) is 0 Å². The summed E-state index contributed by atoms with van der Waals surface area (Å²) in [5, 5.41) is 0.702. The van der Waals surface area contributed by atoms with E-state index < -0.39 is 0 Å². The van der Waals surface area contributed by atoms with Crippen molar-refractivity contribution in [2.75, 3.05) is 19.7 Å². The number of nitrogens with zero attached hydrogens (tertiary/aromatic N) is 1. The number of ether oxygens (including phenoxy) is 1. The molecule has 1 fully saturated rings. The van der Waals surface area contributed by atoms with Gasteiger partial charge >= 0.3 is 0 Å². The lowest BCUT2D eigenvalue weighted by Crippen LogP contribution is -2.45. The molecule has 1 atom stereocenters. The molecular weight excluding hydrogens is 286 g/mol. The van der Waals surface area contributed by atoms with Gasteiger partial charge in [0.05, 0.1) is 6.04 Å². The molecule has 1 aliphatic rings. The molecule has 1 unspecified atom stereocenters. The number of hydrogen-bond acceptors (Lipinski definition) is 3. The minimum Gasteiger partial charge on any atom is -0.492 e. The van der Waals surface area contributed by atoms with Gasteiger partial charge in [-0.1, -0.05) is 18.5 Å². The predicted octanol–water partition coefficient (Wildman–Crippen LogP) is 3.80. The molecule has 1 aromatic rings. The third-order valence-electron chi connectivity index (χ3n) is 4.11. The number of rotatable bonds is 6. The van der Waals surface area contributed by atoms with Crippen LogP contribution in [0.25, 0.3) is 0 Å². The number of halogens is 1. The maximum Gasteiger partial charge on any atom is 0.131 e. The van der Waals surface area contributed by atoms with Crippen molar-refractivity contribution in [2.45, 2.75) is 39.2 Å². The molecule has 0 N–H and O–H groups in total. The van der Waals surface area contributed by atoms with Gasteiger partial charge in [0, 0.05) is 11.4 Å². The molecule has 0 bridgehead atoms. The van der Waals surface area contributed by atoms with Crippen LogP contribution in [0.3, 0.4) is 0 Å². The fourth-order valence-corrected chi connectivity index (χ4v) is 2.87. The van der Waals surface area contributed by atoms with Gasteiger partial charge in [-0.05, 0) is 63.0 Å². The number of likely N-dealkylation sites (tertiary alicyclic amines) is 1. The summed E-state index contributed by atoms with van der Waals surface area (Å²) in [5.41, 5.74) is 0. The Kier molecular flexibility index (Phi) is 6.07. The second-order valence-corrected chi connectivity index (χ2v) is 6.48. The first-order valence-corrected chi connectivity index (χ1v) is 8.04. The average Bonchev–Trinajstić information content (AvgIpc) is 2.46. The molecule has 4 heteroatoms. The lowest BCUT2D eigenvalue weighted by Gasteiger charge is -2.36. The third kappa shape index (κ3) is 5.33. The summed E-state index contributed by atoms with van der Waals surface area (Å²) in [6.45, 7) is 6.62. The van der Waals surface area contributed by atoms with E-state index in [-0.39, 0.29) is 11.8 Å². The van der Waals surface area contributed by atoms with E-state index in [9.17, 15) is 4.79 Å². The van der Waals surface area contributed by atoms with Crippen LogP contribution in [-0.2, 0) is 4.79 Å². The van der Waals surface area contributed by atoms with Gasteiger partial charge in [-0.15, -0.1) is 0 Å². The van der Waals surface area contributed by atoms with Gasteiger partial charge in [0.25, 0.3) is 0 Å². The van der Waals surface area contributed by atoms with Crippen molar-refractivity contribution in [3.05, 3.63) is 29.3 Å². The third-order valence-corrected chi connectivity index (χ3v) is 4.37. The van der Waals surface area contributed by atoms with E-state index in [1.807, 2.05) is 24.3 Å². The quantitative estimate of drug-likeness (QED) is 0.800. The molecule has 0 saturated carbocycles.